The van der Waals surface area contributed by atoms with Gasteiger partial charge in [0.2, 0.25) is 0 Å². The van der Waals surface area contributed by atoms with Crippen LogP contribution in [0.4, 0.5) is 5.69 Å². The predicted octanol–water partition coefficient (Wildman–Crippen LogP) is 3.65. The van der Waals surface area contributed by atoms with E-state index in [1.54, 1.807) is 31.2 Å². The van der Waals surface area contributed by atoms with E-state index >= 15 is 0 Å². The van der Waals surface area contributed by atoms with Gasteiger partial charge in [0.05, 0.1) is 17.4 Å². The van der Waals surface area contributed by atoms with Crippen molar-refractivity contribution >= 4 is 29.0 Å². The number of carbonyl (C=O) groups is 3. The molecule has 0 fully saturated rings. The molecule has 0 saturated carbocycles. The van der Waals surface area contributed by atoms with Gasteiger partial charge in [-0.1, -0.05) is 49.1 Å². The third-order valence-electron chi connectivity index (χ3n) is 5.89. The highest BCUT2D eigenvalue weighted by Gasteiger charge is 2.38. The quantitative estimate of drug-likeness (QED) is 0.273. The van der Waals surface area contributed by atoms with E-state index in [0.717, 1.165) is 16.0 Å². The van der Waals surface area contributed by atoms with E-state index in [2.05, 4.69) is 22.0 Å². The van der Waals surface area contributed by atoms with E-state index in [9.17, 15) is 14.4 Å². The number of benzene rings is 2. The minimum Gasteiger partial charge on any atom is -0.461 e. The highest BCUT2D eigenvalue weighted by atomic mass is 16.5. The molecule has 0 aliphatic carbocycles. The molecule has 0 unspecified atom stereocenters. The Kier molecular flexibility index (Phi) is 7.55. The Hall–Kier alpha value is -4.63. The number of allylic oxidation sites excluding steroid dienone is 2. The minimum atomic E-state index is -0.613. The number of anilines is 1. The topological polar surface area (TPSA) is 108 Å². The Morgan fingerprint density at radius 3 is 2.54 bits per heavy atom. The van der Waals surface area contributed by atoms with Gasteiger partial charge in [-0.3, -0.25) is 9.59 Å². The second-order valence-electron chi connectivity index (χ2n) is 8.74. The summed E-state index contributed by atoms with van der Waals surface area (Å²) in [5.41, 5.74) is 3.42. The third-order valence-corrected chi connectivity index (χ3v) is 5.89. The number of carbonyl (C=O) groups excluding carboxylic acids is 3. The molecular weight excluding hydrogens is 470 g/mol. The van der Waals surface area contributed by atoms with E-state index in [1.807, 2.05) is 49.3 Å². The van der Waals surface area contributed by atoms with Crippen LogP contribution in [0.1, 0.15) is 23.0 Å². The second-order valence-corrected chi connectivity index (χ2v) is 8.74. The summed E-state index contributed by atoms with van der Waals surface area (Å²) in [7, 11) is 3.74. The van der Waals surface area contributed by atoms with Gasteiger partial charge in [-0.05, 0) is 55.9 Å². The highest BCUT2D eigenvalue weighted by Crippen LogP contribution is 2.34. The molecule has 37 heavy (non-hydrogen) atoms. The van der Waals surface area contributed by atoms with Gasteiger partial charge in [0.15, 0.2) is 0 Å². The molecule has 2 heterocycles. The number of hydrogen-bond donors (Lipinski definition) is 1. The molecule has 0 radical (unpaired) electrons. The molecule has 0 bridgehead atoms. The molecule has 3 aromatic rings. The monoisotopic (exact) mass is 497 g/mol. The van der Waals surface area contributed by atoms with Crippen molar-refractivity contribution in [2.45, 2.75) is 6.92 Å². The lowest BCUT2D eigenvalue weighted by Crippen LogP contribution is -2.33. The molecule has 0 spiro atoms. The van der Waals surface area contributed by atoms with Crippen molar-refractivity contribution < 1.29 is 19.1 Å². The minimum absolute atomic E-state index is 0.130. The molecule has 0 atom stereocenters. The zero-order valence-electron chi connectivity index (χ0n) is 20.9. The van der Waals surface area contributed by atoms with E-state index in [4.69, 9.17) is 4.74 Å². The van der Waals surface area contributed by atoms with Crippen LogP contribution in [0.15, 0.2) is 84.6 Å². The summed E-state index contributed by atoms with van der Waals surface area (Å²) < 4.78 is 5.44. The van der Waals surface area contributed by atoms with E-state index in [0.29, 0.717) is 17.8 Å². The van der Waals surface area contributed by atoms with Gasteiger partial charge < -0.3 is 9.64 Å². The molecule has 1 N–H and O–H groups in total. The first kappa shape index (κ1) is 25.5. The maximum absolute atomic E-state index is 13.5. The van der Waals surface area contributed by atoms with Crippen molar-refractivity contribution in [1.29, 1.82) is 0 Å². The van der Waals surface area contributed by atoms with Gasteiger partial charge in [-0.15, -0.1) is 0 Å². The third kappa shape index (κ3) is 5.46. The predicted molar refractivity (Wildman–Crippen MR) is 140 cm³/mol. The standard InChI is InChI=1S/C28H27N5O4/c1-18(24-17-29-31-30-24)10-12-22-19(2)26(34)33(27(22)35)25-16-21(20-8-6-5-7-9-20)11-13-23(25)28(36)37-15-14-32(3)4/h5-13,16-17H,1,14-15H2,2-4H3,(H,29,30,31)/b12-10-. The number of imide groups is 1. The first-order chi connectivity index (χ1) is 17.8. The molecular formula is C28H27N5O4. The fourth-order valence-electron chi connectivity index (χ4n) is 3.79. The number of esters is 1. The van der Waals surface area contributed by atoms with Gasteiger partial charge in [0, 0.05) is 17.7 Å². The normalized spacial score (nSPS) is 13.8. The van der Waals surface area contributed by atoms with Crippen molar-refractivity contribution in [3.8, 4) is 11.1 Å². The Morgan fingerprint density at radius 2 is 1.86 bits per heavy atom. The van der Waals surface area contributed by atoms with Crippen LogP contribution < -0.4 is 4.90 Å². The summed E-state index contributed by atoms with van der Waals surface area (Å²) in [5, 5.41) is 10.2. The smallest absolute Gasteiger partial charge is 0.340 e. The summed E-state index contributed by atoms with van der Waals surface area (Å²) in [4.78, 5) is 42.8. The van der Waals surface area contributed by atoms with Gasteiger partial charge in [-0.25, -0.2) is 9.69 Å². The molecule has 9 nitrogen and oxygen atoms in total. The van der Waals surface area contributed by atoms with Crippen molar-refractivity contribution in [1.82, 2.24) is 20.3 Å². The van der Waals surface area contributed by atoms with Gasteiger partial charge in [-0.2, -0.15) is 15.4 Å². The molecule has 2 amide bonds. The van der Waals surface area contributed by atoms with E-state index in [-0.39, 0.29) is 29.0 Å². The Balaban J connectivity index is 1.70. The number of hydrogen-bond acceptors (Lipinski definition) is 7. The molecule has 2 aromatic carbocycles. The summed E-state index contributed by atoms with van der Waals surface area (Å²) in [6.45, 7) is 6.21. The van der Waals surface area contributed by atoms with Crippen molar-refractivity contribution in [3.63, 3.8) is 0 Å². The second kappa shape index (κ2) is 11.0. The average molecular weight is 498 g/mol. The first-order valence-electron chi connectivity index (χ1n) is 11.6. The molecule has 1 aliphatic rings. The maximum atomic E-state index is 13.5. The summed E-state index contributed by atoms with van der Waals surface area (Å²) in [6, 6.07) is 14.5. The Labute approximate surface area is 214 Å². The fourth-order valence-corrected chi connectivity index (χ4v) is 3.79. The lowest BCUT2D eigenvalue weighted by atomic mass is 10.0. The number of aromatic amines is 1. The Bertz CT molecular complexity index is 1410. The Morgan fingerprint density at radius 1 is 1.11 bits per heavy atom. The number of nitrogens with zero attached hydrogens (tertiary/aromatic N) is 4. The summed E-state index contributed by atoms with van der Waals surface area (Å²) in [5.74, 6) is -1.67. The number of amides is 2. The van der Waals surface area contributed by atoms with Crippen LogP contribution in [0, 0.1) is 0 Å². The lowest BCUT2D eigenvalue weighted by Gasteiger charge is -2.20. The van der Waals surface area contributed by atoms with Crippen LogP contribution in [0.5, 0.6) is 0 Å². The number of likely N-dealkylation sites (N-methyl/N-ethyl adjacent to an activating group) is 1. The first-order valence-corrected chi connectivity index (χ1v) is 11.6. The van der Waals surface area contributed by atoms with Crippen LogP contribution >= 0.6 is 0 Å². The van der Waals surface area contributed by atoms with Crippen molar-refractivity contribution in [3.05, 3.63) is 95.9 Å². The summed E-state index contributed by atoms with van der Waals surface area (Å²) in [6.07, 6.45) is 4.63. The number of H-pyrrole nitrogens is 1. The largest absolute Gasteiger partial charge is 0.461 e. The van der Waals surface area contributed by atoms with Crippen LogP contribution in [0.2, 0.25) is 0 Å². The van der Waals surface area contributed by atoms with E-state index in [1.165, 1.54) is 12.3 Å². The molecule has 1 aliphatic heterocycles. The molecule has 9 heteroatoms. The van der Waals surface area contributed by atoms with Crippen LogP contribution in [0.25, 0.3) is 16.7 Å². The number of rotatable bonds is 9. The zero-order valence-corrected chi connectivity index (χ0v) is 20.9. The van der Waals surface area contributed by atoms with Crippen LogP contribution in [0.3, 0.4) is 0 Å². The molecule has 188 valence electrons. The van der Waals surface area contributed by atoms with Crippen LogP contribution in [-0.2, 0) is 14.3 Å². The molecule has 1 aromatic heterocycles. The number of ether oxygens (including phenoxy) is 1. The highest BCUT2D eigenvalue weighted by molar-refractivity contribution is 6.34. The average Bonchev–Trinajstić information content (AvgIpc) is 3.50. The number of aromatic nitrogens is 3. The number of nitrogens with one attached hydrogen (secondary N) is 1. The fraction of sp³-hybridized carbons (Fsp3) is 0.179. The SMILES string of the molecule is C=C(/C=C\C1=C(C)C(=O)N(c2cc(-c3ccccc3)ccc2C(=O)OCCN(C)C)C1=O)c1cn[nH]n1. The molecule has 0 saturated heterocycles. The lowest BCUT2D eigenvalue weighted by molar-refractivity contribution is -0.120. The van der Waals surface area contributed by atoms with Crippen LogP contribution in [-0.4, -0.2) is 65.3 Å². The summed E-state index contributed by atoms with van der Waals surface area (Å²) >= 11 is 0. The van der Waals surface area contributed by atoms with E-state index < -0.39 is 17.8 Å². The van der Waals surface area contributed by atoms with Gasteiger partial charge in [0.25, 0.3) is 11.8 Å². The van der Waals surface area contributed by atoms with Crippen molar-refractivity contribution in [2.75, 3.05) is 32.1 Å². The zero-order chi connectivity index (χ0) is 26.5. The van der Waals surface area contributed by atoms with Crippen molar-refractivity contribution in [2.24, 2.45) is 0 Å². The maximum Gasteiger partial charge on any atom is 0.340 e. The van der Waals surface area contributed by atoms with Gasteiger partial charge in [0.1, 0.15) is 12.3 Å². The van der Waals surface area contributed by atoms with Gasteiger partial charge >= 0.3 is 5.97 Å². The molecule has 4 rings (SSSR count).